The van der Waals surface area contributed by atoms with E-state index >= 15 is 0 Å². The van der Waals surface area contributed by atoms with Gasteiger partial charge >= 0.3 is 6.03 Å². The summed E-state index contributed by atoms with van der Waals surface area (Å²) < 4.78 is 0.903. The number of amides is 2. The molecule has 0 saturated carbocycles. The number of Topliss-reactive ketones (excluding diaryl/α,β-unsaturated/α-hetero) is 1. The lowest BCUT2D eigenvalue weighted by molar-refractivity contribution is -0.116. The van der Waals surface area contributed by atoms with Crippen LogP contribution in [0.5, 0.6) is 0 Å². The Bertz CT molecular complexity index is 1000. The van der Waals surface area contributed by atoms with Gasteiger partial charge < -0.3 is 5.32 Å². The molecular weight excluding hydrogens is 336 g/mol. The molecule has 1 aromatic heterocycles. The summed E-state index contributed by atoms with van der Waals surface area (Å²) in [5, 5.41) is 14.7. The third-order valence-corrected chi connectivity index (χ3v) is 4.31. The molecular formula is C18H14N4O2S. The van der Waals surface area contributed by atoms with Crippen molar-refractivity contribution in [1.29, 1.82) is 5.26 Å². The molecule has 0 atom stereocenters. The van der Waals surface area contributed by atoms with Crippen molar-refractivity contribution in [3.8, 4) is 6.07 Å². The number of anilines is 2. The highest BCUT2D eigenvalue weighted by molar-refractivity contribution is 7.22. The smallest absolute Gasteiger partial charge is 0.308 e. The average Bonchev–Trinajstić information content (AvgIpc) is 2.95. The van der Waals surface area contributed by atoms with Gasteiger partial charge in [0.05, 0.1) is 21.8 Å². The minimum atomic E-state index is -0.432. The monoisotopic (exact) mass is 350 g/mol. The standard InChI is InChI=1S/C18H14N4O2S/c1-11(23)7-12-5-6-15-16(9-12)25-18(21-15)22-17(24)20-14-4-2-3-13(8-14)10-19/h2-6,8-9H,7H2,1H3,(H2,20,21,22,24). The molecule has 25 heavy (non-hydrogen) atoms. The van der Waals surface area contributed by atoms with Crippen LogP contribution in [0, 0.1) is 11.3 Å². The van der Waals surface area contributed by atoms with Gasteiger partial charge in [-0.1, -0.05) is 23.5 Å². The second-order valence-corrected chi connectivity index (χ2v) is 6.50. The van der Waals surface area contributed by atoms with Gasteiger partial charge in [0, 0.05) is 12.1 Å². The Kier molecular flexibility index (Phi) is 4.73. The summed E-state index contributed by atoms with van der Waals surface area (Å²) in [5.74, 6) is 0.0983. The summed E-state index contributed by atoms with van der Waals surface area (Å²) in [6.45, 7) is 1.55. The van der Waals surface area contributed by atoms with Crippen molar-refractivity contribution < 1.29 is 9.59 Å². The average molecular weight is 350 g/mol. The van der Waals surface area contributed by atoms with Crippen LogP contribution in [0.2, 0.25) is 0 Å². The molecule has 6 nitrogen and oxygen atoms in total. The molecule has 0 spiro atoms. The molecule has 0 fully saturated rings. The summed E-state index contributed by atoms with van der Waals surface area (Å²) in [7, 11) is 0. The Morgan fingerprint density at radius 3 is 2.80 bits per heavy atom. The molecule has 2 aromatic carbocycles. The number of urea groups is 1. The second-order valence-electron chi connectivity index (χ2n) is 5.47. The van der Waals surface area contributed by atoms with Crippen LogP contribution in [0.25, 0.3) is 10.2 Å². The number of thiazole rings is 1. The Morgan fingerprint density at radius 2 is 2.04 bits per heavy atom. The van der Waals surface area contributed by atoms with E-state index in [9.17, 15) is 9.59 Å². The first-order valence-corrected chi connectivity index (χ1v) is 8.32. The first kappa shape index (κ1) is 16.6. The lowest BCUT2D eigenvalue weighted by Crippen LogP contribution is -2.19. The lowest BCUT2D eigenvalue weighted by Gasteiger charge is -2.05. The van der Waals surface area contributed by atoms with Crippen LogP contribution in [0.1, 0.15) is 18.1 Å². The second kappa shape index (κ2) is 7.11. The molecule has 3 aromatic rings. The van der Waals surface area contributed by atoms with Crippen molar-refractivity contribution in [2.45, 2.75) is 13.3 Å². The van der Waals surface area contributed by atoms with Crippen molar-refractivity contribution in [3.63, 3.8) is 0 Å². The zero-order valence-electron chi connectivity index (χ0n) is 13.4. The van der Waals surface area contributed by atoms with Crippen molar-refractivity contribution in [3.05, 3.63) is 53.6 Å². The van der Waals surface area contributed by atoms with Crippen LogP contribution in [0.15, 0.2) is 42.5 Å². The van der Waals surface area contributed by atoms with Crippen molar-refractivity contribution in [2.75, 3.05) is 10.6 Å². The summed E-state index contributed by atoms with van der Waals surface area (Å²) in [5.41, 5.74) is 2.68. The van der Waals surface area contributed by atoms with Gasteiger partial charge in [-0.15, -0.1) is 0 Å². The molecule has 1 heterocycles. The van der Waals surface area contributed by atoms with Gasteiger partial charge in [-0.3, -0.25) is 10.1 Å². The number of carbonyl (C=O) groups is 2. The minimum absolute atomic E-state index is 0.0983. The predicted molar refractivity (Wildman–Crippen MR) is 97.8 cm³/mol. The van der Waals surface area contributed by atoms with E-state index in [1.165, 1.54) is 11.3 Å². The van der Waals surface area contributed by atoms with Crippen LogP contribution < -0.4 is 10.6 Å². The first-order chi connectivity index (χ1) is 12.0. The zero-order chi connectivity index (χ0) is 17.8. The number of carbonyl (C=O) groups excluding carboxylic acids is 2. The molecule has 0 aliphatic rings. The summed E-state index contributed by atoms with van der Waals surface area (Å²) in [6, 6.07) is 13.8. The maximum atomic E-state index is 12.1. The van der Waals surface area contributed by atoms with Gasteiger partial charge in [0.15, 0.2) is 5.13 Å². The van der Waals surface area contributed by atoms with E-state index in [2.05, 4.69) is 15.6 Å². The number of ketones is 1. The van der Waals surface area contributed by atoms with Gasteiger partial charge in [0.2, 0.25) is 0 Å². The van der Waals surface area contributed by atoms with Gasteiger partial charge in [-0.25, -0.2) is 9.78 Å². The Labute approximate surface area is 148 Å². The van der Waals surface area contributed by atoms with Crippen molar-refractivity contribution in [2.24, 2.45) is 0 Å². The Hall–Kier alpha value is -3.24. The Morgan fingerprint density at radius 1 is 1.20 bits per heavy atom. The van der Waals surface area contributed by atoms with Gasteiger partial charge in [0.1, 0.15) is 5.78 Å². The van der Waals surface area contributed by atoms with Crippen molar-refractivity contribution in [1.82, 2.24) is 4.98 Å². The summed E-state index contributed by atoms with van der Waals surface area (Å²) in [6.07, 6.45) is 0.381. The van der Waals surface area contributed by atoms with Crippen LogP contribution in [-0.4, -0.2) is 16.8 Å². The molecule has 7 heteroatoms. The third-order valence-electron chi connectivity index (χ3n) is 3.38. The number of benzene rings is 2. The van der Waals surface area contributed by atoms with E-state index in [4.69, 9.17) is 5.26 Å². The van der Waals surface area contributed by atoms with E-state index in [1.807, 2.05) is 24.3 Å². The molecule has 3 rings (SSSR count). The van der Waals surface area contributed by atoms with Crippen LogP contribution in [-0.2, 0) is 11.2 Å². The molecule has 0 saturated heterocycles. The molecule has 0 radical (unpaired) electrons. The van der Waals surface area contributed by atoms with E-state index in [1.54, 1.807) is 31.2 Å². The highest BCUT2D eigenvalue weighted by atomic mass is 32.1. The molecule has 0 aliphatic carbocycles. The Balaban J connectivity index is 1.72. The van der Waals surface area contributed by atoms with E-state index in [0.29, 0.717) is 22.8 Å². The SMILES string of the molecule is CC(=O)Cc1ccc2nc(NC(=O)Nc3cccc(C#N)c3)sc2c1. The molecule has 2 N–H and O–H groups in total. The quantitative estimate of drug-likeness (QED) is 0.745. The fourth-order valence-electron chi connectivity index (χ4n) is 2.35. The number of hydrogen-bond donors (Lipinski definition) is 2. The maximum Gasteiger partial charge on any atom is 0.325 e. The number of nitriles is 1. The van der Waals surface area contributed by atoms with Crippen molar-refractivity contribution >= 4 is 44.2 Å². The fraction of sp³-hybridized carbons (Fsp3) is 0.111. The summed E-state index contributed by atoms with van der Waals surface area (Å²) >= 11 is 1.34. The maximum absolute atomic E-state index is 12.1. The molecule has 124 valence electrons. The van der Waals surface area contributed by atoms with Crippen LogP contribution in [0.3, 0.4) is 0 Å². The predicted octanol–water partition coefficient (Wildman–Crippen LogP) is 3.94. The highest BCUT2D eigenvalue weighted by Gasteiger charge is 2.09. The normalized spacial score (nSPS) is 10.2. The fourth-order valence-corrected chi connectivity index (χ4v) is 3.27. The number of nitrogens with one attached hydrogen (secondary N) is 2. The topological polar surface area (TPSA) is 94.9 Å². The first-order valence-electron chi connectivity index (χ1n) is 7.50. The highest BCUT2D eigenvalue weighted by Crippen LogP contribution is 2.27. The van der Waals surface area contributed by atoms with E-state index in [-0.39, 0.29) is 5.78 Å². The van der Waals surface area contributed by atoms with Gasteiger partial charge in [0.25, 0.3) is 0 Å². The molecule has 0 aliphatic heterocycles. The largest absolute Gasteiger partial charge is 0.325 e. The van der Waals surface area contributed by atoms with Crippen LogP contribution >= 0.6 is 11.3 Å². The van der Waals surface area contributed by atoms with Crippen LogP contribution in [0.4, 0.5) is 15.6 Å². The minimum Gasteiger partial charge on any atom is -0.308 e. The molecule has 2 amide bonds. The third kappa shape index (κ3) is 4.19. The number of hydrogen-bond acceptors (Lipinski definition) is 5. The number of rotatable bonds is 4. The lowest BCUT2D eigenvalue weighted by atomic mass is 10.1. The van der Waals surface area contributed by atoms with Gasteiger partial charge in [-0.2, -0.15) is 5.26 Å². The number of aromatic nitrogens is 1. The van der Waals surface area contributed by atoms with E-state index in [0.717, 1.165) is 15.8 Å². The summed E-state index contributed by atoms with van der Waals surface area (Å²) in [4.78, 5) is 27.7. The zero-order valence-corrected chi connectivity index (χ0v) is 14.2. The molecule has 0 unspecified atom stereocenters. The molecule has 0 bridgehead atoms. The van der Waals surface area contributed by atoms with E-state index < -0.39 is 6.03 Å². The number of nitrogens with zero attached hydrogens (tertiary/aromatic N) is 2. The number of fused-ring (bicyclic) bond motifs is 1. The van der Waals surface area contributed by atoms with Gasteiger partial charge in [-0.05, 0) is 42.8 Å².